The first-order valence-corrected chi connectivity index (χ1v) is 12.6. The molecule has 0 saturated heterocycles. The van der Waals surface area contributed by atoms with Crippen molar-refractivity contribution in [2.45, 2.75) is 63.7 Å². The third kappa shape index (κ3) is 6.05. The highest BCUT2D eigenvalue weighted by molar-refractivity contribution is 5.91. The minimum absolute atomic E-state index is 0.343. The van der Waals surface area contributed by atoms with Gasteiger partial charge in [-0.1, -0.05) is 19.9 Å². The Bertz CT molecular complexity index is 1040. The van der Waals surface area contributed by atoms with Gasteiger partial charge in [0.25, 0.3) is 0 Å². The Hall–Kier alpha value is -3.28. The number of rotatable bonds is 13. The quantitative estimate of drug-likeness (QED) is 0.145. The molecule has 35 heavy (non-hydrogen) atoms. The van der Waals surface area contributed by atoms with Gasteiger partial charge in [0, 0.05) is 17.2 Å². The first-order valence-electron chi connectivity index (χ1n) is 12.6. The van der Waals surface area contributed by atoms with Gasteiger partial charge in [0.15, 0.2) is 0 Å². The molecule has 2 aromatic rings. The Morgan fingerprint density at radius 3 is 2.26 bits per heavy atom. The maximum Gasteiger partial charge on any atom is 0.343 e. The molecule has 0 aliphatic heterocycles. The molecule has 0 aromatic heterocycles. The van der Waals surface area contributed by atoms with Crippen LogP contribution in [0.5, 0.6) is 17.2 Å². The van der Waals surface area contributed by atoms with Crippen LogP contribution in [0.15, 0.2) is 49.1 Å². The van der Waals surface area contributed by atoms with E-state index in [2.05, 4.69) is 13.5 Å². The second-order valence-corrected chi connectivity index (χ2v) is 9.14. The van der Waals surface area contributed by atoms with Gasteiger partial charge in [-0.05, 0) is 86.8 Å². The minimum Gasteiger partial charge on any atom is -0.494 e. The average Bonchev–Trinajstić information content (AvgIpc) is 3.50. The van der Waals surface area contributed by atoms with Crippen molar-refractivity contribution in [3.05, 3.63) is 65.7 Å². The van der Waals surface area contributed by atoms with Crippen molar-refractivity contribution in [2.24, 2.45) is 0 Å². The van der Waals surface area contributed by atoms with E-state index in [9.17, 15) is 9.59 Å². The van der Waals surface area contributed by atoms with Crippen molar-refractivity contribution in [1.29, 1.82) is 0 Å². The monoisotopic (exact) mass is 478 g/mol. The van der Waals surface area contributed by atoms with Crippen LogP contribution in [0.1, 0.15) is 85.2 Å². The van der Waals surface area contributed by atoms with Crippen molar-refractivity contribution in [1.82, 2.24) is 0 Å². The van der Waals surface area contributed by atoms with Crippen LogP contribution in [0.25, 0.3) is 0 Å². The third-order valence-electron chi connectivity index (χ3n) is 6.72. The fourth-order valence-corrected chi connectivity index (χ4v) is 4.96. The van der Waals surface area contributed by atoms with Crippen LogP contribution >= 0.6 is 0 Å². The van der Waals surface area contributed by atoms with Crippen LogP contribution in [-0.2, 0) is 9.53 Å². The number of hydrogen-bond acceptors (Lipinski definition) is 6. The lowest BCUT2D eigenvalue weighted by Gasteiger charge is -2.22. The molecule has 0 spiro atoms. The molecule has 2 unspecified atom stereocenters. The predicted molar refractivity (Wildman–Crippen MR) is 133 cm³/mol. The van der Waals surface area contributed by atoms with Crippen molar-refractivity contribution in [2.75, 3.05) is 19.8 Å². The summed E-state index contributed by atoms with van der Waals surface area (Å²) in [5.74, 6) is 2.47. The topological polar surface area (TPSA) is 71.1 Å². The second kappa shape index (κ2) is 11.9. The first-order chi connectivity index (χ1) is 17.1. The van der Waals surface area contributed by atoms with Crippen molar-refractivity contribution >= 4 is 11.9 Å². The molecule has 2 atom stereocenters. The number of carbonyl (C=O) groups is 2. The molecule has 1 saturated carbocycles. The van der Waals surface area contributed by atoms with Gasteiger partial charge in [-0.2, -0.15) is 0 Å². The summed E-state index contributed by atoms with van der Waals surface area (Å²) in [6.07, 6.45) is 8.18. The zero-order valence-corrected chi connectivity index (χ0v) is 20.4. The van der Waals surface area contributed by atoms with Crippen LogP contribution in [-0.4, -0.2) is 31.8 Å². The molecule has 2 aliphatic rings. The summed E-state index contributed by atoms with van der Waals surface area (Å²) in [6, 6.07) is 10.8. The highest BCUT2D eigenvalue weighted by atomic mass is 16.5. The molecule has 2 aromatic carbocycles. The Morgan fingerprint density at radius 2 is 1.54 bits per heavy atom. The zero-order chi connectivity index (χ0) is 24.6. The number of esters is 2. The van der Waals surface area contributed by atoms with Crippen molar-refractivity contribution in [3.8, 4) is 17.2 Å². The molecular formula is C29H34O6. The SMILES string of the molecule is C=CC(=O)OCCCCOc1ccc(C(=O)Oc2ccc(OCCCC)c3c2C2CCC3C2)cc1. The summed E-state index contributed by atoms with van der Waals surface area (Å²) >= 11 is 0. The average molecular weight is 479 g/mol. The Balaban J connectivity index is 1.33. The normalized spacial score (nSPS) is 17.5. The highest BCUT2D eigenvalue weighted by Gasteiger charge is 2.41. The number of hydrogen-bond donors (Lipinski definition) is 0. The number of unbranched alkanes of at least 4 members (excludes halogenated alkanes) is 2. The Kier molecular flexibility index (Phi) is 8.45. The molecule has 1 fully saturated rings. The van der Waals surface area contributed by atoms with E-state index >= 15 is 0 Å². The number of carbonyl (C=O) groups excluding carboxylic acids is 2. The Morgan fingerprint density at radius 1 is 0.886 bits per heavy atom. The van der Waals surface area contributed by atoms with Gasteiger partial charge in [0.1, 0.15) is 17.2 Å². The lowest BCUT2D eigenvalue weighted by Crippen LogP contribution is -2.12. The molecule has 0 amide bonds. The van der Waals surface area contributed by atoms with Gasteiger partial charge in [-0.3, -0.25) is 0 Å². The standard InChI is InChI=1S/C29H34O6/c1-3-5-16-33-24-14-15-25(28-22-9-8-21(19-22)27(24)28)35-29(31)20-10-12-23(13-11-20)32-17-6-7-18-34-26(30)4-2/h4,10-15,21-22H,2-3,5-9,16-19H2,1H3. The fraction of sp³-hybridized carbons (Fsp3) is 0.448. The molecule has 2 aliphatic carbocycles. The van der Waals surface area contributed by atoms with Crippen molar-refractivity contribution < 1.29 is 28.5 Å². The van der Waals surface area contributed by atoms with E-state index in [1.54, 1.807) is 24.3 Å². The van der Waals surface area contributed by atoms with Crippen LogP contribution in [0, 0.1) is 0 Å². The maximum atomic E-state index is 12.9. The van der Waals surface area contributed by atoms with E-state index in [0.717, 1.165) is 50.5 Å². The van der Waals surface area contributed by atoms with E-state index in [1.807, 2.05) is 12.1 Å². The summed E-state index contributed by atoms with van der Waals surface area (Å²) in [5, 5.41) is 0. The molecule has 0 radical (unpaired) electrons. The summed E-state index contributed by atoms with van der Waals surface area (Å²) in [4.78, 5) is 23.9. The van der Waals surface area contributed by atoms with Crippen LogP contribution in [0.3, 0.4) is 0 Å². The van der Waals surface area contributed by atoms with Gasteiger partial charge in [-0.15, -0.1) is 0 Å². The molecule has 0 N–H and O–H groups in total. The lowest BCUT2D eigenvalue weighted by atomic mass is 9.90. The van der Waals surface area contributed by atoms with E-state index in [-0.39, 0.29) is 5.97 Å². The molecule has 2 bridgehead atoms. The maximum absolute atomic E-state index is 12.9. The zero-order valence-electron chi connectivity index (χ0n) is 20.4. The van der Waals surface area contributed by atoms with Gasteiger partial charge in [0.05, 0.1) is 25.4 Å². The minimum atomic E-state index is -0.415. The fourth-order valence-electron chi connectivity index (χ4n) is 4.96. The number of benzene rings is 2. The van der Waals surface area contributed by atoms with Gasteiger partial charge < -0.3 is 18.9 Å². The van der Waals surface area contributed by atoms with Gasteiger partial charge in [0.2, 0.25) is 0 Å². The molecule has 6 nitrogen and oxygen atoms in total. The molecule has 4 rings (SSSR count). The Labute approximate surface area is 207 Å². The van der Waals surface area contributed by atoms with Crippen molar-refractivity contribution in [3.63, 3.8) is 0 Å². The molecular weight excluding hydrogens is 444 g/mol. The molecule has 0 heterocycles. The van der Waals surface area contributed by atoms with Crippen LogP contribution < -0.4 is 14.2 Å². The first kappa shape index (κ1) is 24.8. The molecule has 186 valence electrons. The van der Waals surface area contributed by atoms with Crippen LogP contribution in [0.2, 0.25) is 0 Å². The third-order valence-corrected chi connectivity index (χ3v) is 6.72. The summed E-state index contributed by atoms with van der Waals surface area (Å²) in [7, 11) is 0. The largest absolute Gasteiger partial charge is 0.494 e. The van der Waals surface area contributed by atoms with E-state index in [1.165, 1.54) is 17.5 Å². The smallest absolute Gasteiger partial charge is 0.343 e. The lowest BCUT2D eigenvalue weighted by molar-refractivity contribution is -0.137. The predicted octanol–water partition coefficient (Wildman–Crippen LogP) is 6.34. The van der Waals surface area contributed by atoms with Gasteiger partial charge in [-0.25, -0.2) is 9.59 Å². The number of fused-ring (bicyclic) bond motifs is 5. The van der Waals surface area contributed by atoms with Gasteiger partial charge >= 0.3 is 11.9 Å². The van der Waals surface area contributed by atoms with E-state index in [4.69, 9.17) is 18.9 Å². The van der Waals surface area contributed by atoms with E-state index in [0.29, 0.717) is 48.5 Å². The van der Waals surface area contributed by atoms with E-state index < -0.39 is 5.97 Å². The molecule has 6 heteroatoms. The summed E-state index contributed by atoms with van der Waals surface area (Å²) < 4.78 is 22.6. The van der Waals surface area contributed by atoms with Crippen LogP contribution in [0.4, 0.5) is 0 Å². The summed E-state index contributed by atoms with van der Waals surface area (Å²) in [6.45, 7) is 7.08. The number of ether oxygens (including phenoxy) is 4. The second-order valence-electron chi connectivity index (χ2n) is 9.14. The summed E-state index contributed by atoms with van der Waals surface area (Å²) in [5.41, 5.74) is 2.90. The highest BCUT2D eigenvalue weighted by Crippen LogP contribution is 2.58.